The van der Waals surface area contributed by atoms with Gasteiger partial charge in [0.25, 0.3) is 5.91 Å². The molecule has 4 N–H and O–H groups in total. The smallest absolute Gasteiger partial charge is 0.251 e. The summed E-state index contributed by atoms with van der Waals surface area (Å²) >= 11 is 0. The van der Waals surface area contributed by atoms with Gasteiger partial charge in [-0.05, 0) is 57.4 Å². The summed E-state index contributed by atoms with van der Waals surface area (Å²) in [5.74, 6) is -0.199. The third-order valence-corrected chi connectivity index (χ3v) is 5.06. The van der Waals surface area contributed by atoms with Gasteiger partial charge in [-0.1, -0.05) is 6.92 Å². The Morgan fingerprint density at radius 3 is 2.32 bits per heavy atom. The molecule has 1 aromatic carbocycles. The summed E-state index contributed by atoms with van der Waals surface area (Å²) in [4.78, 5) is 24.9. The van der Waals surface area contributed by atoms with E-state index in [1.54, 1.807) is 24.3 Å². The second-order valence-corrected chi connectivity index (χ2v) is 7.32. The lowest BCUT2D eigenvalue weighted by Gasteiger charge is -2.34. The van der Waals surface area contributed by atoms with Gasteiger partial charge in [-0.25, -0.2) is 0 Å². The van der Waals surface area contributed by atoms with E-state index in [-0.39, 0.29) is 17.4 Å². The monoisotopic (exact) mass is 347 g/mol. The molecule has 0 saturated carbocycles. The summed E-state index contributed by atoms with van der Waals surface area (Å²) in [5, 5.41) is 5.92. The first-order valence-corrected chi connectivity index (χ1v) is 8.84. The Hall–Kier alpha value is -1.92. The molecule has 0 bridgehead atoms. The maximum absolute atomic E-state index is 12.6. The fourth-order valence-electron chi connectivity index (χ4n) is 2.72. The third kappa shape index (κ3) is 4.80. The van der Waals surface area contributed by atoms with Crippen molar-refractivity contribution in [3.63, 3.8) is 0 Å². The number of hydrogen-bond acceptors (Lipinski definition) is 4. The summed E-state index contributed by atoms with van der Waals surface area (Å²) in [6.07, 6.45) is 2.10. The van der Waals surface area contributed by atoms with E-state index >= 15 is 0 Å². The Labute approximate surface area is 149 Å². The van der Waals surface area contributed by atoms with Gasteiger partial charge in [0.1, 0.15) is 0 Å². The van der Waals surface area contributed by atoms with E-state index in [1.807, 2.05) is 20.8 Å². The SMILES string of the molecule is CCC(C)(C)NC(=O)c1ccc(NC(=O)C2(CN)CCOCC2)cc1. The molecule has 1 heterocycles. The molecule has 0 atom stereocenters. The Morgan fingerprint density at radius 1 is 1.20 bits per heavy atom. The van der Waals surface area contributed by atoms with Crippen LogP contribution in [0.15, 0.2) is 24.3 Å². The molecule has 0 aliphatic carbocycles. The molecule has 1 aliphatic rings. The fraction of sp³-hybridized carbons (Fsp3) is 0.579. The predicted molar refractivity (Wildman–Crippen MR) is 98.4 cm³/mol. The van der Waals surface area contributed by atoms with Crippen LogP contribution >= 0.6 is 0 Å². The number of hydrogen-bond donors (Lipinski definition) is 3. The van der Waals surface area contributed by atoms with Crippen LogP contribution in [0.25, 0.3) is 0 Å². The highest BCUT2D eigenvalue weighted by molar-refractivity contribution is 5.97. The van der Waals surface area contributed by atoms with E-state index in [4.69, 9.17) is 10.5 Å². The van der Waals surface area contributed by atoms with Gasteiger partial charge in [-0.3, -0.25) is 9.59 Å². The molecular formula is C19H29N3O3. The molecule has 1 fully saturated rings. The van der Waals surface area contributed by atoms with E-state index in [9.17, 15) is 9.59 Å². The highest BCUT2D eigenvalue weighted by Crippen LogP contribution is 2.31. The standard InChI is InChI=1S/C19H29N3O3/c1-4-18(2,3)22-16(23)14-5-7-15(8-6-14)21-17(24)19(13-20)9-11-25-12-10-19/h5-8H,4,9-13,20H2,1-3H3,(H,21,24)(H,22,23). The second kappa shape index (κ2) is 7.97. The van der Waals surface area contributed by atoms with Gasteiger partial charge < -0.3 is 21.1 Å². The molecule has 1 aromatic rings. The molecule has 6 heteroatoms. The van der Waals surface area contributed by atoms with Crippen LogP contribution in [0.4, 0.5) is 5.69 Å². The van der Waals surface area contributed by atoms with Crippen molar-refractivity contribution in [2.45, 2.75) is 45.6 Å². The summed E-state index contributed by atoms with van der Waals surface area (Å²) < 4.78 is 5.34. The Balaban J connectivity index is 2.02. The van der Waals surface area contributed by atoms with E-state index in [1.165, 1.54) is 0 Å². The van der Waals surface area contributed by atoms with Crippen LogP contribution in [0.1, 0.15) is 50.4 Å². The largest absolute Gasteiger partial charge is 0.381 e. The van der Waals surface area contributed by atoms with Crippen molar-refractivity contribution in [2.24, 2.45) is 11.1 Å². The minimum atomic E-state index is -0.570. The van der Waals surface area contributed by atoms with Crippen molar-refractivity contribution >= 4 is 17.5 Å². The Bertz CT molecular complexity index is 605. The van der Waals surface area contributed by atoms with Gasteiger partial charge in [-0.2, -0.15) is 0 Å². The molecule has 2 rings (SSSR count). The Kier molecular flexibility index (Phi) is 6.19. The normalized spacial score (nSPS) is 17.0. The van der Waals surface area contributed by atoms with Gasteiger partial charge in [0.2, 0.25) is 5.91 Å². The van der Waals surface area contributed by atoms with Gasteiger partial charge >= 0.3 is 0 Å². The summed E-state index contributed by atoms with van der Waals surface area (Å²) in [6.45, 7) is 7.41. The number of carbonyl (C=O) groups excluding carboxylic acids is 2. The molecule has 6 nitrogen and oxygen atoms in total. The quantitative estimate of drug-likeness (QED) is 0.736. The zero-order chi connectivity index (χ0) is 18.5. The molecule has 0 aromatic heterocycles. The highest BCUT2D eigenvalue weighted by atomic mass is 16.5. The van der Waals surface area contributed by atoms with Crippen LogP contribution in [0.2, 0.25) is 0 Å². The van der Waals surface area contributed by atoms with Crippen LogP contribution in [-0.2, 0) is 9.53 Å². The fourth-order valence-corrected chi connectivity index (χ4v) is 2.72. The molecular weight excluding hydrogens is 318 g/mol. The van der Waals surface area contributed by atoms with Crippen molar-refractivity contribution in [3.05, 3.63) is 29.8 Å². The van der Waals surface area contributed by atoms with Gasteiger partial charge in [-0.15, -0.1) is 0 Å². The first-order chi connectivity index (χ1) is 11.8. The van der Waals surface area contributed by atoms with Crippen LogP contribution < -0.4 is 16.4 Å². The van der Waals surface area contributed by atoms with Gasteiger partial charge in [0.15, 0.2) is 0 Å². The maximum Gasteiger partial charge on any atom is 0.251 e. The lowest BCUT2D eigenvalue weighted by molar-refractivity contribution is -0.130. The molecule has 1 aliphatic heterocycles. The number of nitrogens with one attached hydrogen (secondary N) is 2. The maximum atomic E-state index is 12.6. The molecule has 2 amide bonds. The summed E-state index contributed by atoms with van der Waals surface area (Å²) in [6, 6.07) is 6.93. The number of benzene rings is 1. The van der Waals surface area contributed by atoms with Gasteiger partial charge in [0.05, 0.1) is 5.41 Å². The topological polar surface area (TPSA) is 93.5 Å². The van der Waals surface area contributed by atoms with Crippen LogP contribution in [-0.4, -0.2) is 37.1 Å². The molecule has 1 saturated heterocycles. The number of carbonyl (C=O) groups is 2. The molecule has 0 spiro atoms. The average molecular weight is 347 g/mol. The van der Waals surface area contributed by atoms with Crippen molar-refractivity contribution < 1.29 is 14.3 Å². The Morgan fingerprint density at radius 2 is 1.80 bits per heavy atom. The highest BCUT2D eigenvalue weighted by Gasteiger charge is 2.38. The lowest BCUT2D eigenvalue weighted by atomic mass is 9.79. The minimum absolute atomic E-state index is 0.0809. The van der Waals surface area contributed by atoms with Crippen LogP contribution in [0.3, 0.4) is 0 Å². The average Bonchev–Trinajstić information content (AvgIpc) is 2.62. The number of nitrogens with two attached hydrogens (primary N) is 1. The number of ether oxygens (including phenoxy) is 1. The molecule has 0 radical (unpaired) electrons. The second-order valence-electron chi connectivity index (χ2n) is 7.32. The van der Waals surface area contributed by atoms with E-state index in [0.717, 1.165) is 6.42 Å². The van der Waals surface area contributed by atoms with E-state index < -0.39 is 5.41 Å². The van der Waals surface area contributed by atoms with Crippen LogP contribution in [0, 0.1) is 5.41 Å². The van der Waals surface area contributed by atoms with E-state index in [0.29, 0.717) is 43.9 Å². The number of anilines is 1. The first kappa shape index (κ1) is 19.4. The predicted octanol–water partition coefficient (Wildman–Crippen LogP) is 2.30. The number of rotatable bonds is 6. The molecule has 25 heavy (non-hydrogen) atoms. The third-order valence-electron chi connectivity index (χ3n) is 5.06. The molecule has 138 valence electrons. The van der Waals surface area contributed by atoms with Crippen molar-refractivity contribution in [2.75, 3.05) is 25.1 Å². The van der Waals surface area contributed by atoms with Crippen molar-refractivity contribution in [3.8, 4) is 0 Å². The van der Waals surface area contributed by atoms with Crippen LogP contribution in [0.5, 0.6) is 0 Å². The van der Waals surface area contributed by atoms with Gasteiger partial charge in [0, 0.05) is 36.5 Å². The minimum Gasteiger partial charge on any atom is -0.381 e. The van der Waals surface area contributed by atoms with Crippen molar-refractivity contribution in [1.29, 1.82) is 0 Å². The molecule has 0 unspecified atom stereocenters. The van der Waals surface area contributed by atoms with E-state index in [2.05, 4.69) is 10.6 Å². The lowest BCUT2D eigenvalue weighted by Crippen LogP contribution is -2.46. The first-order valence-electron chi connectivity index (χ1n) is 8.84. The zero-order valence-corrected chi connectivity index (χ0v) is 15.4. The summed E-state index contributed by atoms with van der Waals surface area (Å²) in [5.41, 5.74) is 6.27. The zero-order valence-electron chi connectivity index (χ0n) is 15.4. The van der Waals surface area contributed by atoms with Crippen molar-refractivity contribution in [1.82, 2.24) is 5.32 Å². The summed E-state index contributed by atoms with van der Waals surface area (Å²) in [7, 11) is 0. The number of amides is 2.